The lowest BCUT2D eigenvalue weighted by molar-refractivity contribution is -0.143. The van der Waals surface area contributed by atoms with Crippen molar-refractivity contribution < 1.29 is 9.59 Å². The van der Waals surface area contributed by atoms with Gasteiger partial charge in [0.1, 0.15) is 0 Å². The molecule has 0 saturated carbocycles. The Labute approximate surface area is 145 Å². The Kier molecular flexibility index (Phi) is 4.96. The van der Waals surface area contributed by atoms with Crippen LogP contribution >= 0.6 is 11.6 Å². The summed E-state index contributed by atoms with van der Waals surface area (Å²) >= 11 is 5.90. The highest BCUT2D eigenvalue weighted by molar-refractivity contribution is 6.39. The number of halogens is 1. The summed E-state index contributed by atoms with van der Waals surface area (Å²) in [7, 11) is 0. The normalized spacial score (nSPS) is 14.4. The number of aromatic nitrogens is 1. The molecule has 3 rings (SSSR count). The predicted octanol–water partition coefficient (Wildman–Crippen LogP) is 2.02. The van der Waals surface area contributed by atoms with E-state index in [1.807, 2.05) is 24.3 Å². The van der Waals surface area contributed by atoms with Gasteiger partial charge in [-0.1, -0.05) is 11.6 Å². The molecule has 24 heavy (non-hydrogen) atoms. The molecule has 7 heteroatoms. The van der Waals surface area contributed by atoms with Gasteiger partial charge in [0.25, 0.3) is 0 Å². The van der Waals surface area contributed by atoms with Crippen molar-refractivity contribution in [2.75, 3.05) is 36.4 Å². The zero-order chi connectivity index (χ0) is 16.9. The van der Waals surface area contributed by atoms with Crippen LogP contribution < -0.4 is 10.2 Å². The van der Waals surface area contributed by atoms with Gasteiger partial charge in [0, 0.05) is 43.1 Å². The van der Waals surface area contributed by atoms with Crippen molar-refractivity contribution >= 4 is 34.8 Å². The van der Waals surface area contributed by atoms with E-state index in [1.54, 1.807) is 23.2 Å². The lowest BCUT2D eigenvalue weighted by Crippen LogP contribution is -2.51. The van der Waals surface area contributed by atoms with Crippen molar-refractivity contribution in [2.24, 2.45) is 0 Å². The summed E-state index contributed by atoms with van der Waals surface area (Å²) in [6.07, 6.45) is 3.11. The van der Waals surface area contributed by atoms with Crippen LogP contribution in [0.15, 0.2) is 48.8 Å². The van der Waals surface area contributed by atoms with E-state index in [0.717, 1.165) is 5.69 Å². The maximum Gasteiger partial charge on any atom is 0.313 e. The van der Waals surface area contributed by atoms with Crippen LogP contribution in [0.1, 0.15) is 0 Å². The minimum absolute atomic E-state index is 0.502. The highest BCUT2D eigenvalue weighted by Crippen LogP contribution is 2.19. The van der Waals surface area contributed by atoms with E-state index in [4.69, 9.17) is 11.6 Å². The van der Waals surface area contributed by atoms with Crippen LogP contribution in [0, 0.1) is 0 Å². The van der Waals surface area contributed by atoms with Gasteiger partial charge in [0.2, 0.25) is 0 Å². The lowest BCUT2D eigenvalue weighted by Gasteiger charge is -2.35. The molecule has 1 aromatic carbocycles. The molecule has 124 valence electrons. The maximum absolute atomic E-state index is 12.2. The Hall–Kier alpha value is -2.60. The molecule has 1 N–H and O–H groups in total. The molecule has 1 saturated heterocycles. The fraction of sp³-hybridized carbons (Fsp3) is 0.235. The average Bonchev–Trinajstić information content (AvgIpc) is 2.63. The molecule has 0 bridgehead atoms. The molecule has 0 radical (unpaired) electrons. The zero-order valence-corrected chi connectivity index (χ0v) is 13.7. The molecular weight excluding hydrogens is 328 g/mol. The predicted molar refractivity (Wildman–Crippen MR) is 93.1 cm³/mol. The molecule has 1 fully saturated rings. The summed E-state index contributed by atoms with van der Waals surface area (Å²) in [6.45, 7) is 2.35. The number of piperazine rings is 1. The summed E-state index contributed by atoms with van der Waals surface area (Å²) in [6, 6.07) is 11.0. The third-order valence-electron chi connectivity index (χ3n) is 3.87. The Morgan fingerprint density at radius 2 is 1.75 bits per heavy atom. The summed E-state index contributed by atoms with van der Waals surface area (Å²) in [5.41, 5.74) is 1.57. The number of hydrogen-bond donors (Lipinski definition) is 1. The Morgan fingerprint density at radius 3 is 2.38 bits per heavy atom. The number of hydrogen-bond acceptors (Lipinski definition) is 4. The van der Waals surface area contributed by atoms with Crippen molar-refractivity contribution in [3.63, 3.8) is 0 Å². The van der Waals surface area contributed by atoms with Crippen molar-refractivity contribution in [3.05, 3.63) is 53.8 Å². The third kappa shape index (κ3) is 3.83. The summed E-state index contributed by atoms with van der Waals surface area (Å²) in [5.74, 6) is -1.16. The molecule has 2 heterocycles. The number of pyridine rings is 1. The number of amides is 2. The largest absolute Gasteiger partial charge is 0.368 e. The number of nitrogens with zero attached hydrogens (tertiary/aromatic N) is 3. The first-order chi connectivity index (χ1) is 11.6. The zero-order valence-electron chi connectivity index (χ0n) is 13.0. The van der Waals surface area contributed by atoms with Gasteiger partial charge in [0.15, 0.2) is 0 Å². The van der Waals surface area contributed by atoms with Gasteiger partial charge in [-0.2, -0.15) is 0 Å². The summed E-state index contributed by atoms with van der Waals surface area (Å²) in [5, 5.41) is 3.26. The third-order valence-corrected chi connectivity index (χ3v) is 4.12. The van der Waals surface area contributed by atoms with Gasteiger partial charge in [-0.3, -0.25) is 14.6 Å². The minimum Gasteiger partial charge on any atom is -0.368 e. The van der Waals surface area contributed by atoms with E-state index in [2.05, 4.69) is 15.2 Å². The van der Waals surface area contributed by atoms with E-state index in [9.17, 15) is 9.59 Å². The highest BCUT2D eigenvalue weighted by atomic mass is 35.5. The fourth-order valence-corrected chi connectivity index (χ4v) is 2.71. The van der Waals surface area contributed by atoms with Crippen molar-refractivity contribution in [1.82, 2.24) is 9.88 Å². The molecule has 1 aliphatic rings. The van der Waals surface area contributed by atoms with Gasteiger partial charge < -0.3 is 15.1 Å². The smallest absolute Gasteiger partial charge is 0.313 e. The van der Waals surface area contributed by atoms with E-state index in [0.29, 0.717) is 36.9 Å². The first-order valence-corrected chi connectivity index (χ1v) is 8.02. The molecule has 1 aliphatic heterocycles. The van der Waals surface area contributed by atoms with Crippen LogP contribution in [-0.2, 0) is 9.59 Å². The standard InChI is InChI=1S/C17H17ClN4O2/c18-13-3-5-15(6-4-13)21-8-10-22(11-9-21)17(24)16(23)20-14-2-1-7-19-12-14/h1-7,12H,8-11H2,(H,20,23). The highest BCUT2D eigenvalue weighted by Gasteiger charge is 2.26. The molecule has 2 amide bonds. The number of carbonyl (C=O) groups excluding carboxylic acids is 2. The summed E-state index contributed by atoms with van der Waals surface area (Å²) < 4.78 is 0. The van der Waals surface area contributed by atoms with Gasteiger partial charge in [0.05, 0.1) is 11.9 Å². The SMILES string of the molecule is O=C(Nc1cccnc1)C(=O)N1CCN(c2ccc(Cl)cc2)CC1. The maximum atomic E-state index is 12.2. The van der Waals surface area contributed by atoms with E-state index >= 15 is 0 Å². The number of nitrogens with one attached hydrogen (secondary N) is 1. The molecule has 0 spiro atoms. The van der Waals surface area contributed by atoms with Crippen LogP contribution in [-0.4, -0.2) is 47.9 Å². The molecular formula is C17H17ClN4O2. The molecule has 6 nitrogen and oxygen atoms in total. The van der Waals surface area contributed by atoms with Crippen LogP contribution in [0.5, 0.6) is 0 Å². The second-order valence-corrected chi connectivity index (χ2v) is 5.89. The minimum atomic E-state index is -0.636. The first kappa shape index (κ1) is 16.3. The van der Waals surface area contributed by atoms with E-state index in [1.165, 1.54) is 6.20 Å². The average molecular weight is 345 g/mol. The van der Waals surface area contributed by atoms with Crippen molar-refractivity contribution in [2.45, 2.75) is 0 Å². The van der Waals surface area contributed by atoms with E-state index < -0.39 is 11.8 Å². The van der Waals surface area contributed by atoms with Crippen LogP contribution in [0.2, 0.25) is 5.02 Å². The topological polar surface area (TPSA) is 65.5 Å². The molecule has 0 atom stereocenters. The van der Waals surface area contributed by atoms with Crippen molar-refractivity contribution in [1.29, 1.82) is 0 Å². The second kappa shape index (κ2) is 7.31. The summed E-state index contributed by atoms with van der Waals surface area (Å²) in [4.78, 5) is 31.9. The van der Waals surface area contributed by atoms with Gasteiger partial charge >= 0.3 is 11.8 Å². The number of rotatable bonds is 2. The number of carbonyl (C=O) groups is 2. The van der Waals surface area contributed by atoms with Crippen molar-refractivity contribution in [3.8, 4) is 0 Å². The monoisotopic (exact) mass is 344 g/mol. The van der Waals surface area contributed by atoms with Crippen LogP contribution in [0.4, 0.5) is 11.4 Å². The Bertz CT molecular complexity index is 713. The molecule has 1 aromatic heterocycles. The lowest BCUT2D eigenvalue weighted by atomic mass is 10.2. The van der Waals surface area contributed by atoms with Gasteiger partial charge in [-0.15, -0.1) is 0 Å². The van der Waals surface area contributed by atoms with Gasteiger partial charge in [-0.05, 0) is 36.4 Å². The molecule has 2 aromatic rings. The second-order valence-electron chi connectivity index (χ2n) is 5.45. The molecule has 0 aliphatic carbocycles. The Morgan fingerprint density at radius 1 is 1.04 bits per heavy atom. The van der Waals surface area contributed by atoms with E-state index in [-0.39, 0.29) is 0 Å². The van der Waals surface area contributed by atoms with Crippen LogP contribution in [0.25, 0.3) is 0 Å². The quantitative estimate of drug-likeness (QED) is 0.846. The first-order valence-electron chi connectivity index (χ1n) is 7.64. The fourth-order valence-electron chi connectivity index (χ4n) is 2.58. The van der Waals surface area contributed by atoms with Gasteiger partial charge in [-0.25, -0.2) is 0 Å². The van der Waals surface area contributed by atoms with Crippen LogP contribution in [0.3, 0.4) is 0 Å². The molecule has 0 unspecified atom stereocenters. The Balaban J connectivity index is 1.55. The number of anilines is 2. The number of benzene rings is 1.